The Morgan fingerprint density at radius 2 is 1.77 bits per heavy atom. The van der Waals surface area contributed by atoms with Crippen LogP contribution in [0.2, 0.25) is 0 Å². The molecule has 2 heterocycles. The molecule has 3 aromatic rings. The molecule has 1 aromatic heterocycles. The molecule has 1 aliphatic heterocycles. The van der Waals surface area contributed by atoms with E-state index in [0.717, 1.165) is 46.6 Å². The number of fused-ring (bicyclic) bond motifs is 1. The fourth-order valence-electron chi connectivity index (χ4n) is 3.04. The Balaban J connectivity index is 1.44. The first-order valence-electron chi connectivity index (χ1n) is 8.44. The Morgan fingerprint density at radius 1 is 1.00 bits per heavy atom. The molecule has 0 bridgehead atoms. The second-order valence-corrected chi connectivity index (χ2v) is 6.29. The van der Waals surface area contributed by atoms with Gasteiger partial charge in [-0.1, -0.05) is 18.2 Å². The topological polar surface area (TPSA) is 78.7 Å². The molecule has 0 saturated carbocycles. The van der Waals surface area contributed by atoms with E-state index in [0.29, 0.717) is 12.0 Å². The highest BCUT2D eigenvalue weighted by molar-refractivity contribution is 5.99. The second-order valence-electron chi connectivity index (χ2n) is 6.29. The Labute approximate surface area is 151 Å². The second kappa shape index (κ2) is 6.77. The van der Waals surface area contributed by atoms with Crippen molar-refractivity contribution in [1.82, 2.24) is 9.97 Å². The van der Waals surface area contributed by atoms with Gasteiger partial charge in [0.05, 0.1) is 18.1 Å². The van der Waals surface area contributed by atoms with Gasteiger partial charge in [0.1, 0.15) is 5.82 Å². The lowest BCUT2D eigenvalue weighted by molar-refractivity contribution is -0.115. The van der Waals surface area contributed by atoms with E-state index in [9.17, 15) is 4.79 Å². The minimum atomic E-state index is 0.0338. The Bertz CT molecular complexity index is 1000. The van der Waals surface area contributed by atoms with Crippen molar-refractivity contribution in [1.29, 1.82) is 5.26 Å². The van der Waals surface area contributed by atoms with Gasteiger partial charge >= 0.3 is 0 Å². The van der Waals surface area contributed by atoms with Gasteiger partial charge in [-0.25, -0.2) is 9.97 Å². The first-order chi connectivity index (χ1) is 12.7. The van der Waals surface area contributed by atoms with E-state index in [4.69, 9.17) is 5.26 Å². The molecule has 1 aliphatic rings. The van der Waals surface area contributed by atoms with Gasteiger partial charge < -0.3 is 5.32 Å². The summed E-state index contributed by atoms with van der Waals surface area (Å²) in [5.41, 5.74) is 5.68. The van der Waals surface area contributed by atoms with E-state index in [1.165, 1.54) is 0 Å². The van der Waals surface area contributed by atoms with Crippen LogP contribution in [0.1, 0.15) is 22.5 Å². The lowest BCUT2D eigenvalue weighted by Crippen LogP contribution is -2.03. The third-order valence-electron chi connectivity index (χ3n) is 4.49. The van der Waals surface area contributed by atoms with Crippen molar-refractivity contribution in [3.05, 3.63) is 77.4 Å². The molecule has 5 heteroatoms. The summed E-state index contributed by atoms with van der Waals surface area (Å²) >= 11 is 0. The minimum absolute atomic E-state index is 0.0338. The van der Waals surface area contributed by atoms with Crippen molar-refractivity contribution in [2.75, 3.05) is 5.32 Å². The number of nitriles is 1. The number of anilines is 1. The van der Waals surface area contributed by atoms with Crippen molar-refractivity contribution in [2.24, 2.45) is 0 Å². The van der Waals surface area contributed by atoms with Crippen molar-refractivity contribution in [3.63, 3.8) is 0 Å². The molecular weight excluding hydrogens is 324 g/mol. The molecule has 0 spiro atoms. The molecule has 0 unspecified atom stereocenters. The van der Waals surface area contributed by atoms with Gasteiger partial charge in [-0.2, -0.15) is 5.26 Å². The number of hydrogen-bond acceptors (Lipinski definition) is 4. The van der Waals surface area contributed by atoms with E-state index in [-0.39, 0.29) is 5.91 Å². The van der Waals surface area contributed by atoms with Gasteiger partial charge in [0.15, 0.2) is 0 Å². The fourth-order valence-corrected chi connectivity index (χ4v) is 3.04. The summed E-state index contributed by atoms with van der Waals surface area (Å²) in [6.45, 7) is 0. The number of carbonyl (C=O) groups excluding carboxylic acids is 1. The molecule has 5 nitrogen and oxygen atoms in total. The van der Waals surface area contributed by atoms with E-state index in [2.05, 4.69) is 21.4 Å². The van der Waals surface area contributed by atoms with Crippen LogP contribution in [0, 0.1) is 11.3 Å². The van der Waals surface area contributed by atoms with Crippen LogP contribution in [0.25, 0.3) is 11.1 Å². The Morgan fingerprint density at radius 3 is 2.50 bits per heavy atom. The molecule has 0 atom stereocenters. The van der Waals surface area contributed by atoms with Crippen LogP contribution in [0.15, 0.2) is 54.9 Å². The van der Waals surface area contributed by atoms with Crippen LogP contribution in [0.5, 0.6) is 0 Å². The van der Waals surface area contributed by atoms with Crippen LogP contribution in [0.3, 0.4) is 0 Å². The summed E-state index contributed by atoms with van der Waals surface area (Å²) in [5.74, 6) is 0.822. The van der Waals surface area contributed by atoms with Gasteiger partial charge in [-0.05, 0) is 47.4 Å². The third-order valence-corrected chi connectivity index (χ3v) is 4.49. The van der Waals surface area contributed by atoms with Crippen molar-refractivity contribution >= 4 is 11.6 Å². The zero-order valence-corrected chi connectivity index (χ0v) is 14.1. The van der Waals surface area contributed by atoms with Gasteiger partial charge in [-0.3, -0.25) is 4.79 Å². The molecule has 1 N–H and O–H groups in total. The van der Waals surface area contributed by atoms with Crippen LogP contribution in [-0.2, 0) is 24.1 Å². The van der Waals surface area contributed by atoms with Crippen LogP contribution in [0.4, 0.5) is 5.69 Å². The number of benzene rings is 2. The Kier molecular flexibility index (Phi) is 4.16. The van der Waals surface area contributed by atoms with Crippen LogP contribution >= 0.6 is 0 Å². The molecule has 126 valence electrons. The van der Waals surface area contributed by atoms with E-state index >= 15 is 0 Å². The average molecular weight is 340 g/mol. The maximum Gasteiger partial charge on any atom is 0.228 e. The minimum Gasteiger partial charge on any atom is -0.326 e. The normalized spacial score (nSPS) is 12.3. The Hall–Kier alpha value is -3.52. The molecule has 26 heavy (non-hydrogen) atoms. The monoisotopic (exact) mass is 340 g/mol. The largest absolute Gasteiger partial charge is 0.326 e. The lowest BCUT2D eigenvalue weighted by atomic mass is 10.0. The molecule has 0 fully saturated rings. The van der Waals surface area contributed by atoms with Crippen molar-refractivity contribution in [2.45, 2.75) is 19.3 Å². The van der Waals surface area contributed by atoms with Gasteiger partial charge in [0.25, 0.3) is 0 Å². The SMILES string of the molecule is N#Cc1ccc(CCc2ncc(-c3ccc4c(c3)CC(=O)N4)cn2)cc1. The predicted molar refractivity (Wildman–Crippen MR) is 98.4 cm³/mol. The van der Waals surface area contributed by atoms with Crippen molar-refractivity contribution < 1.29 is 4.79 Å². The first kappa shape index (κ1) is 16.0. The molecule has 0 radical (unpaired) electrons. The van der Waals surface area contributed by atoms with E-state index < -0.39 is 0 Å². The summed E-state index contributed by atoms with van der Waals surface area (Å²) in [5, 5.41) is 11.7. The summed E-state index contributed by atoms with van der Waals surface area (Å²) in [4.78, 5) is 20.4. The van der Waals surface area contributed by atoms with E-state index in [1.807, 2.05) is 54.9 Å². The number of carbonyl (C=O) groups is 1. The zero-order chi connectivity index (χ0) is 17.9. The number of nitrogens with zero attached hydrogens (tertiary/aromatic N) is 3. The maximum atomic E-state index is 11.5. The summed E-state index contributed by atoms with van der Waals surface area (Å²) in [7, 11) is 0. The number of aryl methyl sites for hydroxylation is 2. The number of nitrogens with one attached hydrogen (secondary N) is 1. The third kappa shape index (κ3) is 3.31. The average Bonchev–Trinajstić information content (AvgIpc) is 3.06. The molecular formula is C21H16N4O. The van der Waals surface area contributed by atoms with Crippen LogP contribution in [-0.4, -0.2) is 15.9 Å². The predicted octanol–water partition coefficient (Wildman–Crippen LogP) is 3.30. The summed E-state index contributed by atoms with van der Waals surface area (Å²) < 4.78 is 0. The molecule has 1 amide bonds. The molecule has 0 aliphatic carbocycles. The standard InChI is InChI=1S/C21H16N4O/c22-11-15-3-1-14(2-4-15)5-8-20-23-12-18(13-24-20)16-6-7-19-17(9-16)10-21(26)25-19/h1-4,6-7,9,12-13H,5,8,10H2,(H,25,26). The highest BCUT2D eigenvalue weighted by Crippen LogP contribution is 2.28. The number of hydrogen-bond donors (Lipinski definition) is 1. The van der Waals surface area contributed by atoms with Crippen molar-refractivity contribution in [3.8, 4) is 17.2 Å². The highest BCUT2D eigenvalue weighted by Gasteiger charge is 2.17. The number of aromatic nitrogens is 2. The first-order valence-corrected chi connectivity index (χ1v) is 8.44. The summed E-state index contributed by atoms with van der Waals surface area (Å²) in [6.07, 6.45) is 5.65. The van der Waals surface area contributed by atoms with Crippen LogP contribution < -0.4 is 5.32 Å². The van der Waals surface area contributed by atoms with E-state index in [1.54, 1.807) is 0 Å². The lowest BCUT2D eigenvalue weighted by Gasteiger charge is -2.06. The number of rotatable bonds is 4. The smallest absolute Gasteiger partial charge is 0.228 e. The molecule has 2 aromatic carbocycles. The fraction of sp³-hybridized carbons (Fsp3) is 0.143. The van der Waals surface area contributed by atoms with Gasteiger partial charge in [0.2, 0.25) is 5.91 Å². The molecule has 0 saturated heterocycles. The number of amides is 1. The van der Waals surface area contributed by atoms with Gasteiger partial charge in [0, 0.05) is 30.1 Å². The van der Waals surface area contributed by atoms with Gasteiger partial charge in [-0.15, -0.1) is 0 Å². The molecule has 4 rings (SSSR count). The summed E-state index contributed by atoms with van der Waals surface area (Å²) in [6, 6.07) is 15.6. The maximum absolute atomic E-state index is 11.5. The quantitative estimate of drug-likeness (QED) is 0.790. The highest BCUT2D eigenvalue weighted by atomic mass is 16.1. The zero-order valence-electron chi connectivity index (χ0n) is 14.1.